The Balaban J connectivity index is 3.10. The molecule has 1 rings (SSSR count). The van der Waals surface area contributed by atoms with E-state index in [9.17, 15) is 0 Å². The van der Waals surface area contributed by atoms with Crippen LogP contribution in [0.2, 0.25) is 0 Å². The molecule has 1 aromatic rings. The topological polar surface area (TPSA) is 51.4 Å². The van der Waals surface area contributed by atoms with Crippen molar-refractivity contribution in [3.8, 4) is 0 Å². The summed E-state index contributed by atoms with van der Waals surface area (Å²) in [4.78, 5) is 7.16. The van der Waals surface area contributed by atoms with Gasteiger partial charge in [-0.1, -0.05) is 12.2 Å². The maximum Gasteiger partial charge on any atom is 0.139 e. The number of hydrogen-bond donors (Lipinski definition) is 1. The summed E-state index contributed by atoms with van der Waals surface area (Å²) in [6.45, 7) is 11.1. The third-order valence-electron chi connectivity index (χ3n) is 2.96. The Morgan fingerprint density at radius 2 is 2.11 bits per heavy atom. The second kappa shape index (κ2) is 7.40. The second-order valence-electron chi connectivity index (χ2n) is 4.42. The van der Waals surface area contributed by atoms with Crippen molar-refractivity contribution in [1.82, 2.24) is 4.98 Å². The minimum absolute atomic E-state index is 0.398. The van der Waals surface area contributed by atoms with Crippen molar-refractivity contribution >= 4 is 23.0 Å². The lowest BCUT2D eigenvalue weighted by molar-refractivity contribution is 0.154. The Hall–Kier alpha value is -1.20. The molecule has 0 unspecified atom stereocenters. The van der Waals surface area contributed by atoms with Gasteiger partial charge in [-0.3, -0.25) is 0 Å². The lowest BCUT2D eigenvalue weighted by atomic mass is 10.1. The Bertz CT molecular complexity index is 449. The maximum absolute atomic E-state index is 5.85. The van der Waals surface area contributed by atoms with E-state index >= 15 is 0 Å². The van der Waals surface area contributed by atoms with E-state index in [0.29, 0.717) is 11.6 Å². The van der Waals surface area contributed by atoms with E-state index in [1.807, 2.05) is 26.8 Å². The zero-order valence-electron chi connectivity index (χ0n) is 12.2. The fourth-order valence-electron chi connectivity index (χ4n) is 2.08. The van der Waals surface area contributed by atoms with Crippen LogP contribution in [0.3, 0.4) is 0 Å². The summed E-state index contributed by atoms with van der Waals surface area (Å²) >= 11 is 5.16. The molecule has 19 heavy (non-hydrogen) atoms. The van der Waals surface area contributed by atoms with Gasteiger partial charge in [-0.15, -0.1) is 0 Å². The predicted octanol–water partition coefficient (Wildman–Crippen LogP) is 2.20. The van der Waals surface area contributed by atoms with E-state index < -0.39 is 0 Å². The fourth-order valence-corrected chi connectivity index (χ4v) is 2.34. The molecule has 0 fully saturated rings. The molecule has 4 nitrogen and oxygen atoms in total. The van der Waals surface area contributed by atoms with Gasteiger partial charge in [0, 0.05) is 25.4 Å². The van der Waals surface area contributed by atoms with Crippen LogP contribution in [0.25, 0.3) is 0 Å². The number of anilines is 1. The molecule has 2 N–H and O–H groups in total. The van der Waals surface area contributed by atoms with Gasteiger partial charge in [-0.2, -0.15) is 0 Å². The van der Waals surface area contributed by atoms with Gasteiger partial charge in [0.1, 0.15) is 10.8 Å². The molecule has 0 radical (unpaired) electrons. The summed E-state index contributed by atoms with van der Waals surface area (Å²) in [6.07, 6.45) is 0. The van der Waals surface area contributed by atoms with Gasteiger partial charge in [0.25, 0.3) is 0 Å². The summed E-state index contributed by atoms with van der Waals surface area (Å²) in [7, 11) is 0. The number of nitrogens with two attached hydrogens (primary N) is 1. The van der Waals surface area contributed by atoms with Crippen molar-refractivity contribution in [2.24, 2.45) is 5.73 Å². The quantitative estimate of drug-likeness (QED) is 0.613. The Kier molecular flexibility index (Phi) is 6.18. The van der Waals surface area contributed by atoms with Gasteiger partial charge < -0.3 is 15.4 Å². The normalized spacial score (nSPS) is 10.5. The third-order valence-corrected chi connectivity index (χ3v) is 3.17. The summed E-state index contributed by atoms with van der Waals surface area (Å²) in [6, 6.07) is 2.01. The van der Waals surface area contributed by atoms with Crippen molar-refractivity contribution in [1.29, 1.82) is 0 Å². The van der Waals surface area contributed by atoms with Gasteiger partial charge in [-0.05, 0) is 39.3 Å². The smallest absolute Gasteiger partial charge is 0.139 e. The molecular formula is C14H23N3OS. The molecule has 1 heterocycles. The first kappa shape index (κ1) is 15.9. The molecule has 1 aromatic heterocycles. The van der Waals surface area contributed by atoms with Crippen LogP contribution in [0.15, 0.2) is 6.07 Å². The molecule has 0 bridgehead atoms. The summed E-state index contributed by atoms with van der Waals surface area (Å²) in [5.41, 5.74) is 8.77. The Morgan fingerprint density at radius 3 is 2.63 bits per heavy atom. The number of aromatic nitrogens is 1. The molecule has 106 valence electrons. The molecule has 0 atom stereocenters. The van der Waals surface area contributed by atoms with Crippen LogP contribution in [0.5, 0.6) is 0 Å². The molecule has 0 amide bonds. The number of rotatable bonds is 7. The van der Waals surface area contributed by atoms with Crippen LogP contribution in [-0.2, 0) is 4.74 Å². The van der Waals surface area contributed by atoms with E-state index in [4.69, 9.17) is 22.7 Å². The first-order valence-corrected chi connectivity index (χ1v) is 7.02. The average molecular weight is 281 g/mol. The molecule has 0 aliphatic carbocycles. The first-order chi connectivity index (χ1) is 9.01. The zero-order valence-corrected chi connectivity index (χ0v) is 13.0. The molecular weight excluding hydrogens is 258 g/mol. The molecule has 0 saturated carbocycles. The van der Waals surface area contributed by atoms with Gasteiger partial charge >= 0.3 is 0 Å². The number of thiocarbonyl (C=S) groups is 1. The van der Waals surface area contributed by atoms with E-state index in [2.05, 4.69) is 16.8 Å². The number of hydrogen-bond acceptors (Lipinski definition) is 4. The second-order valence-corrected chi connectivity index (χ2v) is 4.86. The van der Waals surface area contributed by atoms with Crippen LogP contribution in [-0.4, -0.2) is 36.3 Å². The minimum Gasteiger partial charge on any atom is -0.389 e. The van der Waals surface area contributed by atoms with Crippen LogP contribution in [0.1, 0.15) is 30.7 Å². The van der Waals surface area contributed by atoms with Crippen molar-refractivity contribution in [3.63, 3.8) is 0 Å². The van der Waals surface area contributed by atoms with Gasteiger partial charge in [0.2, 0.25) is 0 Å². The average Bonchev–Trinajstić information content (AvgIpc) is 2.33. The van der Waals surface area contributed by atoms with Gasteiger partial charge in [0.05, 0.1) is 12.2 Å². The van der Waals surface area contributed by atoms with Crippen LogP contribution < -0.4 is 10.6 Å². The van der Waals surface area contributed by atoms with Crippen molar-refractivity contribution in [2.45, 2.75) is 27.7 Å². The number of aryl methyl sites for hydroxylation is 2. The van der Waals surface area contributed by atoms with Gasteiger partial charge in [0.15, 0.2) is 0 Å². The molecule has 0 aliphatic heterocycles. The lowest BCUT2D eigenvalue weighted by Gasteiger charge is -2.25. The highest BCUT2D eigenvalue weighted by atomic mass is 32.1. The SMILES string of the molecule is CCOCCN(CC)c1nc(C)cc(C)c1C(N)=S. The van der Waals surface area contributed by atoms with E-state index in [-0.39, 0.29) is 0 Å². The van der Waals surface area contributed by atoms with Crippen LogP contribution in [0.4, 0.5) is 5.82 Å². The van der Waals surface area contributed by atoms with E-state index in [1.54, 1.807) is 0 Å². The minimum atomic E-state index is 0.398. The predicted molar refractivity (Wildman–Crippen MR) is 84.0 cm³/mol. The van der Waals surface area contributed by atoms with Crippen LogP contribution >= 0.6 is 12.2 Å². The summed E-state index contributed by atoms with van der Waals surface area (Å²) in [5.74, 6) is 0.868. The molecule has 0 saturated heterocycles. The Labute approximate surface area is 121 Å². The number of likely N-dealkylation sites (N-methyl/N-ethyl adjacent to an activating group) is 1. The van der Waals surface area contributed by atoms with Crippen LogP contribution in [0, 0.1) is 13.8 Å². The van der Waals surface area contributed by atoms with Crippen molar-refractivity contribution < 1.29 is 4.74 Å². The fraction of sp³-hybridized carbons (Fsp3) is 0.571. The first-order valence-electron chi connectivity index (χ1n) is 6.61. The summed E-state index contributed by atoms with van der Waals surface area (Å²) in [5, 5.41) is 0. The van der Waals surface area contributed by atoms with Gasteiger partial charge in [-0.25, -0.2) is 4.98 Å². The van der Waals surface area contributed by atoms with E-state index in [1.165, 1.54) is 0 Å². The van der Waals surface area contributed by atoms with Crippen molar-refractivity contribution in [2.75, 3.05) is 31.2 Å². The molecule has 0 spiro atoms. The highest BCUT2D eigenvalue weighted by molar-refractivity contribution is 7.80. The van der Waals surface area contributed by atoms with E-state index in [0.717, 1.165) is 42.3 Å². The zero-order chi connectivity index (χ0) is 14.4. The molecule has 0 aliphatic rings. The summed E-state index contributed by atoms with van der Waals surface area (Å²) < 4.78 is 5.41. The van der Waals surface area contributed by atoms with Crippen molar-refractivity contribution in [3.05, 3.63) is 22.9 Å². The highest BCUT2D eigenvalue weighted by Crippen LogP contribution is 2.22. The molecule has 5 heteroatoms. The molecule has 0 aromatic carbocycles. The Morgan fingerprint density at radius 1 is 1.42 bits per heavy atom. The lowest BCUT2D eigenvalue weighted by Crippen LogP contribution is -2.31. The monoisotopic (exact) mass is 281 g/mol. The number of pyridine rings is 1. The maximum atomic E-state index is 5.85. The standard InChI is InChI=1S/C14H23N3OS/c1-5-17(7-8-18-6-2)14-12(13(15)19)10(3)9-11(4)16-14/h9H,5-8H2,1-4H3,(H2,15,19). The largest absolute Gasteiger partial charge is 0.389 e. The third kappa shape index (κ3) is 4.14. The number of ether oxygens (including phenoxy) is 1. The highest BCUT2D eigenvalue weighted by Gasteiger charge is 2.16. The number of nitrogens with zero attached hydrogens (tertiary/aromatic N) is 2.